The minimum absolute atomic E-state index is 0.293. The summed E-state index contributed by atoms with van der Waals surface area (Å²) in [4.78, 5) is 11.6. The molecule has 2 heterocycles. The average Bonchev–Trinajstić information content (AvgIpc) is 3.08. The summed E-state index contributed by atoms with van der Waals surface area (Å²) in [5.41, 5.74) is 7.72. The second kappa shape index (κ2) is 6.29. The highest BCUT2D eigenvalue weighted by Crippen LogP contribution is 2.27. The number of carbonyl (C=O) groups is 1. The first-order valence-electron chi connectivity index (χ1n) is 8.73. The average molecular weight is 339 g/mol. The molecule has 25 heavy (non-hydrogen) atoms. The van der Waals surface area contributed by atoms with Crippen LogP contribution in [0.1, 0.15) is 29.6 Å². The number of halogens is 1. The van der Waals surface area contributed by atoms with Crippen LogP contribution in [0.4, 0.5) is 4.39 Å². The Kier molecular flexibility index (Phi) is 3.67. The number of rotatable bonds is 3. The van der Waals surface area contributed by atoms with Crippen LogP contribution in [-0.2, 0) is 0 Å². The van der Waals surface area contributed by atoms with Crippen molar-refractivity contribution in [3.8, 4) is 5.69 Å². The molecule has 0 bridgehead atoms. The molecule has 3 aromatic rings. The van der Waals surface area contributed by atoms with Gasteiger partial charge in [0.05, 0.1) is 11.3 Å². The number of carbonyl (C=O) groups excluding carboxylic acids is 1. The van der Waals surface area contributed by atoms with E-state index in [2.05, 4.69) is 10.4 Å². The SMILES string of the molecule is [2H]C1(c2ccc(-n3cc4cccc(C(N)=O)c4n3)cc2)CNCCC1F. The third kappa shape index (κ3) is 2.89. The Hall–Kier alpha value is -2.73. The number of hydrogen-bond acceptors (Lipinski definition) is 3. The van der Waals surface area contributed by atoms with Gasteiger partial charge in [-0.1, -0.05) is 24.3 Å². The predicted molar refractivity (Wildman–Crippen MR) is 94.7 cm³/mol. The monoisotopic (exact) mass is 339 g/mol. The molecule has 0 saturated carbocycles. The van der Waals surface area contributed by atoms with Crippen LogP contribution in [0.5, 0.6) is 0 Å². The number of alkyl halides is 1. The molecule has 0 aliphatic carbocycles. The van der Waals surface area contributed by atoms with Gasteiger partial charge in [0.2, 0.25) is 0 Å². The lowest BCUT2D eigenvalue weighted by atomic mass is 9.90. The molecule has 5 nitrogen and oxygen atoms in total. The fraction of sp³-hybridized carbons (Fsp3) is 0.263. The van der Waals surface area contributed by atoms with Gasteiger partial charge in [0.1, 0.15) is 11.7 Å². The molecule has 4 rings (SSSR count). The van der Waals surface area contributed by atoms with E-state index in [9.17, 15) is 9.18 Å². The molecule has 1 saturated heterocycles. The second-order valence-electron chi connectivity index (χ2n) is 6.19. The molecule has 0 radical (unpaired) electrons. The van der Waals surface area contributed by atoms with Gasteiger partial charge >= 0.3 is 0 Å². The van der Waals surface area contributed by atoms with Crippen LogP contribution < -0.4 is 11.1 Å². The molecule has 2 atom stereocenters. The molecule has 2 unspecified atom stereocenters. The third-order valence-corrected chi connectivity index (χ3v) is 4.57. The van der Waals surface area contributed by atoms with E-state index in [1.54, 1.807) is 28.9 Å². The first-order chi connectivity index (χ1) is 12.5. The highest BCUT2D eigenvalue weighted by atomic mass is 19.1. The van der Waals surface area contributed by atoms with Gasteiger partial charge in [0.15, 0.2) is 0 Å². The summed E-state index contributed by atoms with van der Waals surface area (Å²) in [6.07, 6.45) is 0.957. The van der Waals surface area contributed by atoms with Gasteiger partial charge in [-0.2, -0.15) is 5.10 Å². The number of benzene rings is 2. The van der Waals surface area contributed by atoms with Crippen molar-refractivity contribution in [1.82, 2.24) is 15.1 Å². The molecular formula is C19H19FN4O. The van der Waals surface area contributed by atoms with Gasteiger partial charge < -0.3 is 11.1 Å². The Morgan fingerprint density at radius 1 is 1.32 bits per heavy atom. The normalized spacial score (nSPS) is 24.2. The van der Waals surface area contributed by atoms with E-state index in [-0.39, 0.29) is 0 Å². The fourth-order valence-electron chi connectivity index (χ4n) is 3.22. The van der Waals surface area contributed by atoms with Crippen molar-refractivity contribution in [2.75, 3.05) is 13.1 Å². The molecule has 1 amide bonds. The summed E-state index contributed by atoms with van der Waals surface area (Å²) in [6, 6.07) is 12.4. The van der Waals surface area contributed by atoms with Gasteiger partial charge in [0, 0.05) is 25.4 Å². The number of piperidine rings is 1. The van der Waals surface area contributed by atoms with Crippen LogP contribution in [0.15, 0.2) is 48.7 Å². The summed E-state index contributed by atoms with van der Waals surface area (Å²) in [7, 11) is 0. The van der Waals surface area contributed by atoms with Gasteiger partial charge in [-0.15, -0.1) is 0 Å². The molecule has 1 aliphatic heterocycles. The molecule has 6 heteroatoms. The van der Waals surface area contributed by atoms with Crippen LogP contribution in [0, 0.1) is 0 Å². The van der Waals surface area contributed by atoms with Crippen LogP contribution in [0.2, 0.25) is 0 Å². The number of amides is 1. The van der Waals surface area contributed by atoms with Crippen molar-refractivity contribution < 1.29 is 10.6 Å². The number of primary amides is 1. The second-order valence-corrected chi connectivity index (χ2v) is 6.19. The van der Waals surface area contributed by atoms with Crippen molar-refractivity contribution in [2.24, 2.45) is 5.73 Å². The lowest BCUT2D eigenvalue weighted by Gasteiger charge is -2.27. The standard InChI is InChI=1S/C19H19FN4O/c20-17-8-9-22-10-16(17)12-4-6-14(7-5-12)24-11-13-2-1-3-15(19(21)25)18(13)23-24/h1-7,11,16-17,22H,8-10H2,(H2,21,25)/i16D. The zero-order chi connectivity index (χ0) is 18.3. The van der Waals surface area contributed by atoms with Crippen LogP contribution in [-0.4, -0.2) is 34.9 Å². The summed E-state index contributed by atoms with van der Waals surface area (Å²) in [5, 5.41) is 8.37. The molecule has 1 aromatic heterocycles. The highest BCUT2D eigenvalue weighted by molar-refractivity contribution is 6.04. The Morgan fingerprint density at radius 2 is 2.12 bits per heavy atom. The summed E-state index contributed by atoms with van der Waals surface area (Å²) < 4.78 is 24.5. The number of hydrogen-bond donors (Lipinski definition) is 2. The Balaban J connectivity index is 1.70. The van der Waals surface area contributed by atoms with E-state index in [0.717, 1.165) is 11.1 Å². The van der Waals surface area contributed by atoms with Crippen molar-refractivity contribution in [2.45, 2.75) is 18.5 Å². The predicted octanol–water partition coefficient (Wildman–Crippen LogP) is 2.54. The molecule has 0 spiro atoms. The lowest BCUT2D eigenvalue weighted by Crippen LogP contribution is -2.36. The summed E-state index contributed by atoms with van der Waals surface area (Å²) in [5.74, 6) is -1.80. The topological polar surface area (TPSA) is 72.9 Å². The van der Waals surface area contributed by atoms with Gasteiger partial charge in [-0.25, -0.2) is 9.07 Å². The maximum atomic E-state index is 14.3. The van der Waals surface area contributed by atoms with E-state index < -0.39 is 18.0 Å². The first kappa shape index (κ1) is 14.6. The third-order valence-electron chi connectivity index (χ3n) is 4.57. The quantitative estimate of drug-likeness (QED) is 0.770. The molecule has 2 aromatic carbocycles. The number of aromatic nitrogens is 2. The smallest absolute Gasteiger partial charge is 0.250 e. The minimum atomic E-state index is -1.27. The lowest BCUT2D eigenvalue weighted by molar-refractivity contribution is 0.100. The molecule has 1 aliphatic rings. The molecule has 128 valence electrons. The highest BCUT2D eigenvalue weighted by Gasteiger charge is 2.25. The van der Waals surface area contributed by atoms with Gasteiger partial charge in [-0.05, 0) is 36.7 Å². The molecule has 1 fully saturated rings. The zero-order valence-corrected chi connectivity index (χ0v) is 13.6. The van der Waals surface area contributed by atoms with E-state index in [1.165, 1.54) is 0 Å². The van der Waals surface area contributed by atoms with Gasteiger partial charge in [-0.3, -0.25) is 4.79 Å². The van der Waals surface area contributed by atoms with E-state index in [0.29, 0.717) is 36.2 Å². The number of nitrogens with one attached hydrogen (secondary N) is 1. The summed E-state index contributed by atoms with van der Waals surface area (Å²) in [6.45, 7) is 0.892. The van der Waals surface area contributed by atoms with Crippen molar-refractivity contribution >= 4 is 16.8 Å². The molecule has 3 N–H and O–H groups in total. The Morgan fingerprint density at radius 3 is 2.84 bits per heavy atom. The zero-order valence-electron chi connectivity index (χ0n) is 14.6. The maximum absolute atomic E-state index is 14.3. The van der Waals surface area contributed by atoms with E-state index >= 15 is 0 Å². The van der Waals surface area contributed by atoms with E-state index in [1.807, 2.05) is 24.4 Å². The van der Waals surface area contributed by atoms with Crippen LogP contribution >= 0.6 is 0 Å². The minimum Gasteiger partial charge on any atom is -0.366 e. The first-order valence-corrected chi connectivity index (χ1v) is 8.23. The maximum Gasteiger partial charge on any atom is 0.250 e. The Bertz CT molecular complexity index is 971. The van der Waals surface area contributed by atoms with Crippen molar-refractivity contribution in [3.05, 3.63) is 59.8 Å². The number of nitrogens with zero attached hydrogens (tertiary/aromatic N) is 2. The molecular weight excluding hydrogens is 319 g/mol. The fourth-order valence-corrected chi connectivity index (χ4v) is 3.22. The number of nitrogens with two attached hydrogens (primary N) is 1. The largest absolute Gasteiger partial charge is 0.366 e. The number of fused-ring (bicyclic) bond motifs is 1. The Labute approximate surface area is 146 Å². The van der Waals surface area contributed by atoms with Crippen molar-refractivity contribution in [1.29, 1.82) is 0 Å². The van der Waals surface area contributed by atoms with Gasteiger partial charge in [0.25, 0.3) is 5.91 Å². The summed E-state index contributed by atoms with van der Waals surface area (Å²) >= 11 is 0. The van der Waals surface area contributed by atoms with Crippen LogP contribution in [0.3, 0.4) is 0 Å². The van der Waals surface area contributed by atoms with Crippen LogP contribution in [0.25, 0.3) is 16.6 Å². The van der Waals surface area contributed by atoms with Crippen molar-refractivity contribution in [3.63, 3.8) is 0 Å². The van der Waals surface area contributed by atoms with E-state index in [4.69, 9.17) is 7.10 Å².